The van der Waals surface area contributed by atoms with Gasteiger partial charge in [0.05, 0.1) is 22.4 Å². The molecule has 1 saturated carbocycles. The molecule has 1 heterocycles. The lowest BCUT2D eigenvalue weighted by atomic mass is 9.75. The van der Waals surface area contributed by atoms with Crippen molar-refractivity contribution in [1.82, 2.24) is 4.31 Å². The predicted molar refractivity (Wildman–Crippen MR) is 95.7 cm³/mol. The van der Waals surface area contributed by atoms with Gasteiger partial charge in [-0.2, -0.15) is 9.57 Å². The highest BCUT2D eigenvalue weighted by Crippen LogP contribution is 2.38. The first-order valence-corrected chi connectivity index (χ1v) is 10.6. The summed E-state index contributed by atoms with van der Waals surface area (Å²) in [5.41, 5.74) is 0.279. The van der Waals surface area contributed by atoms with Crippen molar-refractivity contribution in [1.29, 1.82) is 5.26 Å². The molecule has 2 unspecified atom stereocenters. The molecule has 140 valence electrons. The fourth-order valence-corrected chi connectivity index (χ4v) is 5.88. The van der Waals surface area contributed by atoms with Gasteiger partial charge in [-0.15, -0.1) is 0 Å². The summed E-state index contributed by atoms with van der Waals surface area (Å²) in [6.07, 6.45) is 6.12. The van der Waals surface area contributed by atoms with Gasteiger partial charge in [0.1, 0.15) is 0 Å². The number of nitriles is 1. The molecular formula is C19H24N2O4S. The zero-order chi connectivity index (χ0) is 18.7. The summed E-state index contributed by atoms with van der Waals surface area (Å²) < 4.78 is 27.5. The van der Waals surface area contributed by atoms with Crippen LogP contribution in [0, 0.1) is 29.1 Å². The second-order valence-electron chi connectivity index (χ2n) is 7.39. The lowest BCUT2D eigenvalue weighted by Crippen LogP contribution is -2.48. The molecule has 6 nitrogen and oxygen atoms in total. The van der Waals surface area contributed by atoms with E-state index in [0.717, 1.165) is 25.7 Å². The number of carboxylic acids is 1. The minimum atomic E-state index is -3.81. The quantitative estimate of drug-likeness (QED) is 0.871. The third kappa shape index (κ3) is 3.92. The van der Waals surface area contributed by atoms with Crippen molar-refractivity contribution >= 4 is 16.0 Å². The summed E-state index contributed by atoms with van der Waals surface area (Å²) in [7, 11) is -3.81. The largest absolute Gasteiger partial charge is 0.481 e. The second-order valence-corrected chi connectivity index (χ2v) is 9.33. The topological polar surface area (TPSA) is 98.5 Å². The van der Waals surface area contributed by atoms with E-state index in [1.165, 1.54) is 22.9 Å². The van der Waals surface area contributed by atoms with E-state index in [4.69, 9.17) is 5.26 Å². The van der Waals surface area contributed by atoms with Crippen molar-refractivity contribution in [2.45, 2.75) is 43.4 Å². The highest BCUT2D eigenvalue weighted by atomic mass is 32.2. The molecule has 3 rings (SSSR count). The number of hydrogen-bond donors (Lipinski definition) is 1. The van der Waals surface area contributed by atoms with Crippen molar-refractivity contribution in [3.63, 3.8) is 0 Å². The molecule has 0 radical (unpaired) electrons. The van der Waals surface area contributed by atoms with Gasteiger partial charge in [0, 0.05) is 13.1 Å². The van der Waals surface area contributed by atoms with Crippen LogP contribution in [0.1, 0.15) is 44.1 Å². The van der Waals surface area contributed by atoms with Crippen molar-refractivity contribution in [2.75, 3.05) is 13.1 Å². The Morgan fingerprint density at radius 2 is 1.88 bits per heavy atom. The molecule has 0 spiro atoms. The van der Waals surface area contributed by atoms with Crippen LogP contribution < -0.4 is 0 Å². The Morgan fingerprint density at radius 3 is 2.54 bits per heavy atom. The van der Waals surface area contributed by atoms with Gasteiger partial charge in [-0.1, -0.05) is 38.2 Å². The number of rotatable bonds is 4. The van der Waals surface area contributed by atoms with Crippen LogP contribution in [-0.2, 0) is 14.8 Å². The molecule has 0 amide bonds. The summed E-state index contributed by atoms with van der Waals surface area (Å²) in [4.78, 5) is 11.7. The van der Waals surface area contributed by atoms with Crippen molar-refractivity contribution in [3.05, 3.63) is 29.8 Å². The van der Waals surface area contributed by atoms with E-state index in [0.29, 0.717) is 18.9 Å². The van der Waals surface area contributed by atoms with Gasteiger partial charge >= 0.3 is 5.97 Å². The molecule has 2 fully saturated rings. The number of carbonyl (C=O) groups is 1. The molecule has 0 bridgehead atoms. The van der Waals surface area contributed by atoms with Gasteiger partial charge in [0.15, 0.2) is 0 Å². The Hall–Kier alpha value is -1.91. The average molecular weight is 376 g/mol. The normalized spacial score (nSPS) is 25.5. The van der Waals surface area contributed by atoms with Gasteiger partial charge < -0.3 is 5.11 Å². The third-order valence-corrected chi connectivity index (χ3v) is 7.54. The maximum absolute atomic E-state index is 13.1. The van der Waals surface area contributed by atoms with Crippen molar-refractivity contribution in [3.8, 4) is 6.07 Å². The zero-order valence-electron chi connectivity index (χ0n) is 14.7. The van der Waals surface area contributed by atoms with Crippen molar-refractivity contribution in [2.24, 2.45) is 17.8 Å². The number of hydrogen-bond acceptors (Lipinski definition) is 4. The maximum Gasteiger partial charge on any atom is 0.307 e. The number of sulfonamides is 1. The van der Waals surface area contributed by atoms with Crippen LogP contribution in [0.3, 0.4) is 0 Å². The summed E-state index contributed by atoms with van der Waals surface area (Å²) in [5.74, 6) is -1.13. The van der Waals surface area contributed by atoms with Gasteiger partial charge in [-0.3, -0.25) is 4.79 Å². The molecular weight excluding hydrogens is 352 g/mol. The third-order valence-electron chi connectivity index (χ3n) is 5.72. The van der Waals surface area contributed by atoms with Crippen molar-refractivity contribution < 1.29 is 18.3 Å². The van der Waals surface area contributed by atoms with E-state index in [2.05, 4.69) is 0 Å². The van der Waals surface area contributed by atoms with Crippen LogP contribution in [0.4, 0.5) is 0 Å². The van der Waals surface area contributed by atoms with Gasteiger partial charge in [0.25, 0.3) is 0 Å². The van der Waals surface area contributed by atoms with E-state index in [9.17, 15) is 18.3 Å². The molecule has 1 N–H and O–H groups in total. The summed E-state index contributed by atoms with van der Waals surface area (Å²) in [6, 6.07) is 7.88. The molecule has 1 aliphatic carbocycles. The van der Waals surface area contributed by atoms with Gasteiger partial charge in [-0.25, -0.2) is 8.42 Å². The lowest BCUT2D eigenvalue weighted by molar-refractivity contribution is -0.144. The molecule has 2 aliphatic rings. The van der Waals surface area contributed by atoms with Crippen LogP contribution in [0.5, 0.6) is 0 Å². The maximum atomic E-state index is 13.1. The Morgan fingerprint density at radius 1 is 1.15 bits per heavy atom. The highest BCUT2D eigenvalue weighted by Gasteiger charge is 2.40. The molecule has 1 aromatic carbocycles. The monoisotopic (exact) mass is 376 g/mol. The first-order chi connectivity index (χ1) is 12.4. The summed E-state index contributed by atoms with van der Waals surface area (Å²) in [5, 5.41) is 18.6. The highest BCUT2D eigenvalue weighted by molar-refractivity contribution is 7.89. The van der Waals surface area contributed by atoms with Crippen LogP contribution >= 0.6 is 0 Å². The lowest BCUT2D eigenvalue weighted by Gasteiger charge is -2.40. The Bertz CT molecular complexity index is 809. The minimum Gasteiger partial charge on any atom is -0.481 e. The van der Waals surface area contributed by atoms with E-state index in [1.54, 1.807) is 12.1 Å². The number of aliphatic carboxylic acids is 1. The van der Waals surface area contributed by atoms with E-state index >= 15 is 0 Å². The minimum absolute atomic E-state index is 0.00231. The smallest absolute Gasteiger partial charge is 0.307 e. The van der Waals surface area contributed by atoms with Crippen LogP contribution in [0.25, 0.3) is 0 Å². The molecule has 1 aliphatic heterocycles. The standard InChI is InChI=1S/C19H24N2O4S/c20-11-14-5-4-8-18(9-14)26(24,25)21-12-16(10-17(13-21)19(22)23)15-6-2-1-3-7-15/h4-5,8-9,15-17H,1-3,6-7,10,12-13H2,(H,22,23). The molecule has 26 heavy (non-hydrogen) atoms. The number of carboxylic acid groups (broad SMARTS) is 1. The van der Waals surface area contributed by atoms with Crippen LogP contribution in [-0.4, -0.2) is 36.9 Å². The molecule has 1 aromatic rings. The number of nitrogens with zero attached hydrogens (tertiary/aromatic N) is 2. The molecule has 0 aromatic heterocycles. The zero-order valence-corrected chi connectivity index (χ0v) is 15.5. The summed E-state index contributed by atoms with van der Waals surface area (Å²) in [6.45, 7) is 0.366. The number of piperidine rings is 1. The Balaban J connectivity index is 1.88. The molecule has 1 saturated heterocycles. The SMILES string of the molecule is N#Cc1cccc(S(=O)(=O)N2CC(C(=O)O)CC(C3CCCCC3)C2)c1. The van der Waals surface area contributed by atoms with Crippen LogP contribution in [0.2, 0.25) is 0 Å². The fourth-order valence-electron chi connectivity index (χ4n) is 4.29. The summed E-state index contributed by atoms with van der Waals surface area (Å²) >= 11 is 0. The fraction of sp³-hybridized carbons (Fsp3) is 0.579. The van der Waals surface area contributed by atoms with E-state index in [1.807, 2.05) is 6.07 Å². The predicted octanol–water partition coefficient (Wildman–Crippen LogP) is 2.85. The Kier molecular flexibility index (Phi) is 5.64. The first kappa shape index (κ1) is 18.9. The number of benzene rings is 1. The van der Waals surface area contributed by atoms with Crippen LogP contribution in [0.15, 0.2) is 29.2 Å². The average Bonchev–Trinajstić information content (AvgIpc) is 2.68. The second kappa shape index (κ2) is 7.77. The molecule has 7 heteroatoms. The van der Waals surface area contributed by atoms with Gasteiger partial charge in [-0.05, 0) is 36.5 Å². The molecule has 2 atom stereocenters. The van der Waals surface area contributed by atoms with E-state index in [-0.39, 0.29) is 22.9 Å². The first-order valence-electron chi connectivity index (χ1n) is 9.15. The van der Waals surface area contributed by atoms with Gasteiger partial charge in [0.2, 0.25) is 10.0 Å². The van der Waals surface area contributed by atoms with E-state index < -0.39 is 21.9 Å². The Labute approximate surface area is 154 Å².